The van der Waals surface area contributed by atoms with E-state index in [0.717, 1.165) is 5.56 Å². The Bertz CT molecular complexity index is 749. The molecule has 0 unspecified atom stereocenters. The van der Waals surface area contributed by atoms with Gasteiger partial charge in [-0.2, -0.15) is 18.3 Å². The fourth-order valence-corrected chi connectivity index (χ4v) is 2.07. The van der Waals surface area contributed by atoms with Crippen molar-refractivity contribution in [2.75, 3.05) is 6.61 Å². The van der Waals surface area contributed by atoms with Crippen LogP contribution in [0.2, 0.25) is 0 Å². The number of carbonyl (C=O) groups is 1. The van der Waals surface area contributed by atoms with Crippen molar-refractivity contribution in [2.45, 2.75) is 26.6 Å². The van der Waals surface area contributed by atoms with Gasteiger partial charge in [0.1, 0.15) is 11.5 Å². The van der Waals surface area contributed by atoms with Gasteiger partial charge in [-0.25, -0.2) is 4.79 Å². The molecule has 2 aromatic rings. The van der Waals surface area contributed by atoms with Crippen LogP contribution in [0.15, 0.2) is 48.5 Å². The summed E-state index contributed by atoms with van der Waals surface area (Å²) in [6.45, 7) is 3.64. The third-order valence-corrected chi connectivity index (χ3v) is 3.06. The number of hydrogen-bond donors (Lipinski definition) is 0. The average molecular weight is 354 g/mol. The first-order valence-corrected chi connectivity index (χ1v) is 7.49. The molecule has 0 radical (unpaired) electrons. The first-order valence-electron chi connectivity index (χ1n) is 7.49. The SMILES string of the molecule is CCOC(=O)c1cnn(Cc2ccc(O/C(C)=C/C(F)(F)F)cc2)c1. The second-order valence-electron chi connectivity index (χ2n) is 5.19. The van der Waals surface area contributed by atoms with Crippen molar-refractivity contribution < 1.29 is 27.4 Å². The Kier molecular flexibility index (Phi) is 5.84. The predicted octanol–water partition coefficient (Wildman–Crippen LogP) is 3.95. The maximum atomic E-state index is 12.2. The number of nitrogens with zero attached hydrogens (tertiary/aromatic N) is 2. The zero-order chi connectivity index (χ0) is 18.4. The summed E-state index contributed by atoms with van der Waals surface area (Å²) in [6.07, 6.45) is -1.33. The molecule has 1 heterocycles. The minimum atomic E-state index is -4.42. The summed E-state index contributed by atoms with van der Waals surface area (Å²) < 4.78 is 48.2. The summed E-state index contributed by atoms with van der Waals surface area (Å²) in [5.74, 6) is -0.384. The standard InChI is InChI=1S/C17H17F3N2O3/c1-3-24-16(23)14-9-21-22(11-14)10-13-4-6-15(7-5-13)25-12(2)8-17(18,19)20/h4-9,11H,3,10H2,1-2H3/b12-8+. The highest BCUT2D eigenvalue weighted by Crippen LogP contribution is 2.21. The zero-order valence-corrected chi connectivity index (χ0v) is 13.7. The molecule has 2 rings (SSSR count). The molecule has 0 bridgehead atoms. The minimum absolute atomic E-state index is 0.0988. The van der Waals surface area contributed by atoms with Crippen LogP contribution in [0.25, 0.3) is 0 Å². The topological polar surface area (TPSA) is 53.3 Å². The van der Waals surface area contributed by atoms with Crippen molar-refractivity contribution >= 4 is 5.97 Å². The normalized spacial score (nSPS) is 12.1. The Hall–Kier alpha value is -2.77. The second kappa shape index (κ2) is 7.87. The highest BCUT2D eigenvalue weighted by atomic mass is 19.4. The van der Waals surface area contributed by atoms with Crippen molar-refractivity contribution in [2.24, 2.45) is 0 Å². The molecule has 1 aromatic carbocycles. The fourth-order valence-electron chi connectivity index (χ4n) is 2.07. The van der Waals surface area contributed by atoms with Gasteiger partial charge in [0.2, 0.25) is 0 Å². The van der Waals surface area contributed by atoms with E-state index in [9.17, 15) is 18.0 Å². The van der Waals surface area contributed by atoms with Crippen molar-refractivity contribution in [3.05, 3.63) is 59.6 Å². The molecular formula is C17H17F3N2O3. The summed E-state index contributed by atoms with van der Waals surface area (Å²) in [5, 5.41) is 4.08. The zero-order valence-electron chi connectivity index (χ0n) is 13.7. The van der Waals surface area contributed by atoms with E-state index in [1.54, 1.807) is 42.1 Å². The number of halogens is 3. The number of carbonyl (C=O) groups excluding carboxylic acids is 1. The Labute approximate surface area is 142 Å². The lowest BCUT2D eigenvalue weighted by Gasteiger charge is -2.08. The lowest BCUT2D eigenvalue weighted by molar-refractivity contribution is -0.0818. The highest BCUT2D eigenvalue weighted by Gasteiger charge is 2.24. The van der Waals surface area contributed by atoms with E-state index in [2.05, 4.69) is 5.10 Å². The van der Waals surface area contributed by atoms with Crippen LogP contribution in [0.3, 0.4) is 0 Å². The van der Waals surface area contributed by atoms with Crippen LogP contribution < -0.4 is 4.74 Å². The van der Waals surface area contributed by atoms with Gasteiger partial charge in [0.15, 0.2) is 0 Å². The van der Waals surface area contributed by atoms with Crippen molar-refractivity contribution in [1.82, 2.24) is 9.78 Å². The lowest BCUT2D eigenvalue weighted by atomic mass is 10.2. The summed E-state index contributed by atoms with van der Waals surface area (Å²) in [4.78, 5) is 11.6. The van der Waals surface area contributed by atoms with E-state index in [1.807, 2.05) is 0 Å². The quantitative estimate of drug-likeness (QED) is 0.582. The van der Waals surface area contributed by atoms with Gasteiger partial charge >= 0.3 is 12.1 Å². The van der Waals surface area contributed by atoms with Crippen LogP contribution >= 0.6 is 0 Å². The molecule has 0 fully saturated rings. The smallest absolute Gasteiger partial charge is 0.412 e. The summed E-state index contributed by atoms with van der Waals surface area (Å²) >= 11 is 0. The van der Waals surface area contributed by atoms with Crippen molar-refractivity contribution in [3.8, 4) is 5.75 Å². The Balaban J connectivity index is 1.99. The third-order valence-electron chi connectivity index (χ3n) is 3.06. The number of allylic oxidation sites excluding steroid dienone is 2. The molecule has 0 amide bonds. The van der Waals surface area contributed by atoms with E-state index in [1.165, 1.54) is 13.1 Å². The summed E-state index contributed by atoms with van der Waals surface area (Å²) in [5.41, 5.74) is 1.21. The first-order chi connectivity index (χ1) is 11.8. The van der Waals surface area contributed by atoms with Crippen LogP contribution in [0.1, 0.15) is 29.8 Å². The van der Waals surface area contributed by atoms with Gasteiger partial charge in [-0.15, -0.1) is 0 Å². The molecule has 25 heavy (non-hydrogen) atoms. The molecule has 0 aliphatic rings. The maximum Gasteiger partial charge on any atom is 0.412 e. The molecular weight excluding hydrogens is 337 g/mol. The average Bonchev–Trinajstić information content (AvgIpc) is 2.96. The molecule has 0 saturated heterocycles. The van der Waals surface area contributed by atoms with Crippen molar-refractivity contribution in [3.63, 3.8) is 0 Å². The van der Waals surface area contributed by atoms with Gasteiger partial charge < -0.3 is 9.47 Å². The molecule has 0 aliphatic carbocycles. The largest absolute Gasteiger partial charge is 0.462 e. The van der Waals surface area contributed by atoms with E-state index < -0.39 is 12.1 Å². The fraction of sp³-hybridized carbons (Fsp3) is 0.294. The minimum Gasteiger partial charge on any atom is -0.462 e. The van der Waals surface area contributed by atoms with Gasteiger partial charge in [0, 0.05) is 6.20 Å². The predicted molar refractivity (Wildman–Crippen MR) is 84.2 cm³/mol. The third kappa shape index (κ3) is 5.98. The Morgan fingerprint density at radius 1 is 1.28 bits per heavy atom. The number of aromatic nitrogens is 2. The summed E-state index contributed by atoms with van der Waals surface area (Å²) in [6, 6.07) is 6.56. The summed E-state index contributed by atoms with van der Waals surface area (Å²) in [7, 11) is 0. The molecule has 5 nitrogen and oxygen atoms in total. The van der Waals surface area contributed by atoms with E-state index in [0.29, 0.717) is 17.9 Å². The number of ether oxygens (including phenoxy) is 2. The number of benzene rings is 1. The van der Waals surface area contributed by atoms with Gasteiger partial charge in [0.25, 0.3) is 0 Å². The molecule has 0 N–H and O–H groups in total. The molecule has 0 spiro atoms. The maximum absolute atomic E-state index is 12.2. The molecule has 134 valence electrons. The second-order valence-corrected chi connectivity index (χ2v) is 5.19. The van der Waals surface area contributed by atoms with Crippen LogP contribution in [0, 0.1) is 0 Å². The molecule has 0 saturated carbocycles. The van der Waals surface area contributed by atoms with Gasteiger partial charge in [-0.05, 0) is 31.5 Å². The van der Waals surface area contributed by atoms with E-state index in [4.69, 9.17) is 9.47 Å². The van der Waals surface area contributed by atoms with Crippen LogP contribution in [0.5, 0.6) is 5.75 Å². The van der Waals surface area contributed by atoms with Crippen LogP contribution in [-0.4, -0.2) is 28.5 Å². The molecule has 8 heteroatoms. The lowest BCUT2D eigenvalue weighted by Crippen LogP contribution is -2.05. The number of rotatable bonds is 6. The molecule has 0 atom stereocenters. The first kappa shape index (κ1) is 18.6. The van der Waals surface area contributed by atoms with Crippen molar-refractivity contribution in [1.29, 1.82) is 0 Å². The monoisotopic (exact) mass is 354 g/mol. The van der Waals surface area contributed by atoms with Crippen LogP contribution in [-0.2, 0) is 11.3 Å². The number of esters is 1. The number of alkyl halides is 3. The van der Waals surface area contributed by atoms with Gasteiger partial charge in [-0.3, -0.25) is 4.68 Å². The highest BCUT2D eigenvalue weighted by molar-refractivity contribution is 5.88. The molecule has 1 aromatic heterocycles. The van der Waals surface area contributed by atoms with E-state index in [-0.39, 0.29) is 18.4 Å². The molecule has 0 aliphatic heterocycles. The Morgan fingerprint density at radius 3 is 2.56 bits per heavy atom. The van der Waals surface area contributed by atoms with Gasteiger partial charge in [0.05, 0.1) is 31.0 Å². The van der Waals surface area contributed by atoms with E-state index >= 15 is 0 Å². The number of hydrogen-bond acceptors (Lipinski definition) is 4. The van der Waals surface area contributed by atoms with Gasteiger partial charge in [-0.1, -0.05) is 12.1 Å². The Morgan fingerprint density at radius 2 is 1.96 bits per heavy atom. The van der Waals surface area contributed by atoms with Crippen LogP contribution in [0.4, 0.5) is 13.2 Å².